The quantitative estimate of drug-likeness (QED) is 0.442. The largest absolute Gasteiger partial charge is 0.317 e. The van der Waals surface area contributed by atoms with Crippen LogP contribution in [0.1, 0.15) is 13.3 Å². The van der Waals surface area contributed by atoms with Gasteiger partial charge in [-0.3, -0.25) is 14.9 Å². The highest BCUT2D eigenvalue weighted by Gasteiger charge is 2.19. The molecule has 1 aliphatic rings. The second kappa shape index (κ2) is 4.01. The predicted molar refractivity (Wildman–Crippen MR) is 44.4 cm³/mol. The Morgan fingerprint density at radius 3 is 2.75 bits per heavy atom. The first kappa shape index (κ1) is 8.93. The van der Waals surface area contributed by atoms with Gasteiger partial charge in [0.1, 0.15) is 0 Å². The van der Waals surface area contributed by atoms with Crippen LogP contribution in [-0.4, -0.2) is 24.9 Å². The molecule has 0 saturated carbocycles. The zero-order valence-electron chi connectivity index (χ0n) is 7.02. The Morgan fingerprint density at radius 1 is 1.50 bits per heavy atom. The van der Waals surface area contributed by atoms with Crippen molar-refractivity contribution < 1.29 is 9.59 Å². The van der Waals surface area contributed by atoms with Gasteiger partial charge in [0.15, 0.2) is 0 Å². The van der Waals surface area contributed by atoms with Crippen molar-refractivity contribution in [3.8, 4) is 0 Å². The molecule has 4 heteroatoms. The fourth-order valence-corrected chi connectivity index (χ4v) is 1.04. The van der Waals surface area contributed by atoms with Crippen molar-refractivity contribution in [1.29, 1.82) is 0 Å². The third kappa shape index (κ3) is 2.17. The maximum absolute atomic E-state index is 11.0. The van der Waals surface area contributed by atoms with Crippen molar-refractivity contribution in [2.75, 3.05) is 13.1 Å². The van der Waals surface area contributed by atoms with Crippen molar-refractivity contribution >= 4 is 11.8 Å². The lowest BCUT2D eigenvalue weighted by atomic mass is 10.2. The maximum atomic E-state index is 11.0. The Bertz CT molecular complexity index is 233. The molecule has 0 spiro atoms. The van der Waals surface area contributed by atoms with Crippen molar-refractivity contribution in [2.24, 2.45) is 0 Å². The van der Waals surface area contributed by atoms with Crippen LogP contribution in [0, 0.1) is 0 Å². The SMILES string of the molecule is CCNCCC1=CC(=O)NC1=O. The molecule has 0 fully saturated rings. The summed E-state index contributed by atoms with van der Waals surface area (Å²) in [5.41, 5.74) is 0.570. The van der Waals surface area contributed by atoms with Gasteiger partial charge >= 0.3 is 0 Å². The van der Waals surface area contributed by atoms with E-state index in [1.54, 1.807) is 0 Å². The van der Waals surface area contributed by atoms with Crippen LogP contribution in [0.3, 0.4) is 0 Å². The average molecular weight is 168 g/mol. The van der Waals surface area contributed by atoms with E-state index in [1.807, 2.05) is 6.92 Å². The first-order valence-electron chi connectivity index (χ1n) is 4.00. The lowest BCUT2D eigenvalue weighted by Crippen LogP contribution is -2.23. The summed E-state index contributed by atoms with van der Waals surface area (Å²) >= 11 is 0. The molecule has 0 unspecified atom stereocenters. The van der Waals surface area contributed by atoms with Gasteiger partial charge in [0.25, 0.3) is 11.8 Å². The monoisotopic (exact) mass is 168 g/mol. The number of nitrogens with one attached hydrogen (secondary N) is 2. The van der Waals surface area contributed by atoms with Gasteiger partial charge in [-0.2, -0.15) is 0 Å². The van der Waals surface area contributed by atoms with E-state index in [0.717, 1.165) is 13.1 Å². The summed E-state index contributed by atoms with van der Waals surface area (Å²) in [4.78, 5) is 21.6. The summed E-state index contributed by atoms with van der Waals surface area (Å²) in [6.45, 7) is 3.61. The molecule has 0 aromatic rings. The lowest BCUT2D eigenvalue weighted by Gasteiger charge is -1.99. The van der Waals surface area contributed by atoms with Crippen molar-refractivity contribution in [2.45, 2.75) is 13.3 Å². The Hall–Kier alpha value is -1.16. The third-order valence-corrected chi connectivity index (χ3v) is 1.65. The van der Waals surface area contributed by atoms with Crippen LogP contribution in [0.25, 0.3) is 0 Å². The number of imide groups is 1. The number of carbonyl (C=O) groups is 2. The number of hydrogen-bond donors (Lipinski definition) is 2. The average Bonchev–Trinajstić information content (AvgIpc) is 2.31. The second-order valence-corrected chi connectivity index (χ2v) is 2.59. The van der Waals surface area contributed by atoms with Crippen LogP contribution in [0.5, 0.6) is 0 Å². The first-order valence-corrected chi connectivity index (χ1v) is 4.00. The van der Waals surface area contributed by atoms with E-state index in [-0.39, 0.29) is 11.8 Å². The molecule has 12 heavy (non-hydrogen) atoms. The molecule has 0 aromatic heterocycles. The molecule has 2 N–H and O–H groups in total. The number of rotatable bonds is 4. The smallest absolute Gasteiger partial charge is 0.254 e. The van der Waals surface area contributed by atoms with Gasteiger partial charge in [0, 0.05) is 11.6 Å². The minimum Gasteiger partial charge on any atom is -0.317 e. The normalized spacial score (nSPS) is 16.2. The molecule has 66 valence electrons. The van der Waals surface area contributed by atoms with E-state index in [1.165, 1.54) is 6.08 Å². The van der Waals surface area contributed by atoms with E-state index in [2.05, 4.69) is 10.6 Å². The molecule has 1 aliphatic heterocycles. The molecule has 4 nitrogen and oxygen atoms in total. The topological polar surface area (TPSA) is 58.2 Å². The van der Waals surface area contributed by atoms with Crippen LogP contribution in [0.2, 0.25) is 0 Å². The van der Waals surface area contributed by atoms with Crippen LogP contribution in [-0.2, 0) is 9.59 Å². The molecular formula is C8H12N2O2. The van der Waals surface area contributed by atoms with Crippen LogP contribution in [0.4, 0.5) is 0 Å². The fourth-order valence-electron chi connectivity index (χ4n) is 1.04. The van der Waals surface area contributed by atoms with Gasteiger partial charge in [-0.15, -0.1) is 0 Å². The molecule has 1 rings (SSSR count). The summed E-state index contributed by atoms with van der Waals surface area (Å²) in [5, 5.41) is 5.27. The highest BCUT2D eigenvalue weighted by molar-refractivity contribution is 6.16. The summed E-state index contributed by atoms with van der Waals surface area (Å²) in [6, 6.07) is 0. The molecular weight excluding hydrogens is 156 g/mol. The van der Waals surface area contributed by atoms with E-state index in [9.17, 15) is 9.59 Å². The van der Waals surface area contributed by atoms with E-state index in [4.69, 9.17) is 0 Å². The van der Waals surface area contributed by atoms with Crippen molar-refractivity contribution in [3.63, 3.8) is 0 Å². The van der Waals surface area contributed by atoms with Crippen molar-refractivity contribution in [3.05, 3.63) is 11.6 Å². The maximum Gasteiger partial charge on any atom is 0.254 e. The third-order valence-electron chi connectivity index (χ3n) is 1.65. The predicted octanol–water partition coefficient (Wildman–Crippen LogP) is -0.431. The minimum atomic E-state index is -0.300. The number of carbonyl (C=O) groups excluding carboxylic acids is 2. The second-order valence-electron chi connectivity index (χ2n) is 2.59. The van der Waals surface area contributed by atoms with E-state index >= 15 is 0 Å². The van der Waals surface area contributed by atoms with Gasteiger partial charge in [0.05, 0.1) is 0 Å². The zero-order valence-corrected chi connectivity index (χ0v) is 7.02. The van der Waals surface area contributed by atoms with Crippen LogP contribution < -0.4 is 10.6 Å². The first-order chi connectivity index (χ1) is 5.74. The highest BCUT2D eigenvalue weighted by Crippen LogP contribution is 2.05. The molecule has 2 amide bonds. The van der Waals surface area contributed by atoms with E-state index < -0.39 is 0 Å². The van der Waals surface area contributed by atoms with Gasteiger partial charge in [-0.25, -0.2) is 0 Å². The van der Waals surface area contributed by atoms with E-state index in [0.29, 0.717) is 12.0 Å². The van der Waals surface area contributed by atoms with Gasteiger partial charge in [-0.05, 0) is 19.5 Å². The standard InChI is InChI=1S/C8H12N2O2/c1-2-9-4-3-6-5-7(11)10-8(6)12/h5,9H,2-4H2,1H3,(H,10,11,12). The summed E-state index contributed by atoms with van der Waals surface area (Å²) in [6.07, 6.45) is 1.98. The molecule has 0 aromatic carbocycles. The summed E-state index contributed by atoms with van der Waals surface area (Å²) in [5.74, 6) is -0.551. The van der Waals surface area contributed by atoms with Crippen LogP contribution in [0.15, 0.2) is 11.6 Å². The highest BCUT2D eigenvalue weighted by atomic mass is 16.2. The molecule has 0 aliphatic carbocycles. The number of amides is 2. The van der Waals surface area contributed by atoms with Crippen LogP contribution >= 0.6 is 0 Å². The Morgan fingerprint density at radius 2 is 2.25 bits per heavy atom. The minimum absolute atomic E-state index is 0.252. The van der Waals surface area contributed by atoms with Gasteiger partial charge in [-0.1, -0.05) is 6.92 Å². The lowest BCUT2D eigenvalue weighted by molar-refractivity contribution is -0.123. The number of hydrogen-bond acceptors (Lipinski definition) is 3. The fraction of sp³-hybridized carbons (Fsp3) is 0.500. The van der Waals surface area contributed by atoms with Gasteiger partial charge in [0.2, 0.25) is 0 Å². The molecule has 0 bridgehead atoms. The molecule has 0 atom stereocenters. The van der Waals surface area contributed by atoms with Crippen molar-refractivity contribution in [1.82, 2.24) is 10.6 Å². The Balaban J connectivity index is 2.36. The summed E-state index contributed by atoms with van der Waals surface area (Å²) < 4.78 is 0. The summed E-state index contributed by atoms with van der Waals surface area (Å²) in [7, 11) is 0. The Labute approximate surface area is 71.0 Å². The molecule has 0 radical (unpaired) electrons. The molecule has 1 heterocycles. The Kier molecular flexibility index (Phi) is 2.99. The molecule has 0 saturated heterocycles. The zero-order chi connectivity index (χ0) is 8.97. The van der Waals surface area contributed by atoms with Gasteiger partial charge < -0.3 is 5.32 Å².